The van der Waals surface area contributed by atoms with Crippen molar-refractivity contribution < 1.29 is 14.3 Å². The molecule has 0 spiro atoms. The number of hydrogen-bond donors (Lipinski definition) is 1. The van der Waals surface area contributed by atoms with Gasteiger partial charge < -0.3 is 14.8 Å². The first-order valence-corrected chi connectivity index (χ1v) is 7.76. The van der Waals surface area contributed by atoms with Crippen molar-refractivity contribution in [2.45, 2.75) is 32.6 Å². The van der Waals surface area contributed by atoms with Crippen LogP contribution in [0, 0.1) is 0 Å². The van der Waals surface area contributed by atoms with Crippen molar-refractivity contribution in [2.75, 3.05) is 6.61 Å². The van der Waals surface area contributed by atoms with Gasteiger partial charge in [0, 0.05) is 24.7 Å². The number of nitrogens with zero attached hydrogens (tertiary/aromatic N) is 2. The zero-order valence-corrected chi connectivity index (χ0v) is 13.4. The summed E-state index contributed by atoms with van der Waals surface area (Å²) in [5, 5.41) is 7.38. The maximum absolute atomic E-state index is 12.2. The fourth-order valence-corrected chi connectivity index (χ4v) is 2.70. The molecule has 2 heterocycles. The highest BCUT2D eigenvalue weighted by atomic mass is 16.5. The second-order valence-electron chi connectivity index (χ2n) is 5.59. The molecule has 1 atom stereocenters. The van der Waals surface area contributed by atoms with E-state index in [4.69, 9.17) is 9.47 Å². The van der Waals surface area contributed by atoms with Crippen molar-refractivity contribution in [1.29, 1.82) is 0 Å². The van der Waals surface area contributed by atoms with E-state index in [-0.39, 0.29) is 5.91 Å². The SMILES string of the molecule is C[C@H](Oc1ccccc1)C(=O)NCc1nn(C)c2c1COCC2. The van der Waals surface area contributed by atoms with Gasteiger partial charge in [-0.25, -0.2) is 0 Å². The molecule has 0 aliphatic carbocycles. The maximum Gasteiger partial charge on any atom is 0.261 e. The number of rotatable bonds is 5. The molecule has 0 unspecified atom stereocenters. The van der Waals surface area contributed by atoms with Crippen LogP contribution >= 0.6 is 0 Å². The molecule has 2 aromatic rings. The first kappa shape index (κ1) is 15.6. The highest BCUT2D eigenvalue weighted by molar-refractivity contribution is 5.80. The molecule has 0 saturated heterocycles. The van der Waals surface area contributed by atoms with Gasteiger partial charge in [0.2, 0.25) is 0 Å². The molecule has 0 saturated carbocycles. The van der Waals surface area contributed by atoms with E-state index in [1.165, 1.54) is 5.69 Å². The number of para-hydroxylation sites is 1. The van der Waals surface area contributed by atoms with Crippen LogP contribution in [-0.2, 0) is 36.2 Å². The summed E-state index contributed by atoms with van der Waals surface area (Å²) in [6.45, 7) is 3.40. The highest BCUT2D eigenvalue weighted by Gasteiger charge is 2.21. The maximum atomic E-state index is 12.2. The van der Waals surface area contributed by atoms with E-state index in [1.54, 1.807) is 6.92 Å². The predicted molar refractivity (Wildman–Crippen MR) is 84.9 cm³/mol. The Morgan fingerprint density at radius 3 is 3.00 bits per heavy atom. The van der Waals surface area contributed by atoms with E-state index < -0.39 is 6.10 Å². The number of nitrogens with one attached hydrogen (secondary N) is 1. The molecule has 0 bridgehead atoms. The van der Waals surface area contributed by atoms with Crippen LogP contribution in [0.5, 0.6) is 5.75 Å². The summed E-state index contributed by atoms with van der Waals surface area (Å²) in [4.78, 5) is 12.2. The number of amides is 1. The quantitative estimate of drug-likeness (QED) is 0.910. The van der Waals surface area contributed by atoms with Crippen LogP contribution in [0.2, 0.25) is 0 Å². The monoisotopic (exact) mass is 315 g/mol. The molecular weight excluding hydrogens is 294 g/mol. The lowest BCUT2D eigenvalue weighted by Crippen LogP contribution is -2.36. The fourth-order valence-electron chi connectivity index (χ4n) is 2.70. The Morgan fingerprint density at radius 1 is 1.43 bits per heavy atom. The Bertz CT molecular complexity index is 682. The number of aromatic nitrogens is 2. The van der Waals surface area contributed by atoms with E-state index in [0.717, 1.165) is 24.3 Å². The average molecular weight is 315 g/mol. The summed E-state index contributed by atoms with van der Waals surface area (Å²) >= 11 is 0. The van der Waals surface area contributed by atoms with Crippen LogP contribution in [0.25, 0.3) is 0 Å². The van der Waals surface area contributed by atoms with E-state index in [2.05, 4.69) is 10.4 Å². The van der Waals surface area contributed by atoms with Crippen LogP contribution in [0.3, 0.4) is 0 Å². The van der Waals surface area contributed by atoms with Gasteiger partial charge >= 0.3 is 0 Å². The van der Waals surface area contributed by atoms with E-state index in [9.17, 15) is 4.79 Å². The van der Waals surface area contributed by atoms with Crippen molar-refractivity contribution in [3.63, 3.8) is 0 Å². The summed E-state index contributed by atoms with van der Waals surface area (Å²) in [6.07, 6.45) is 0.300. The Morgan fingerprint density at radius 2 is 2.22 bits per heavy atom. The van der Waals surface area contributed by atoms with E-state index in [1.807, 2.05) is 42.1 Å². The Kier molecular flexibility index (Phi) is 4.62. The molecule has 0 fully saturated rings. The summed E-state index contributed by atoms with van der Waals surface area (Å²) < 4.78 is 13.0. The third-order valence-corrected chi connectivity index (χ3v) is 3.94. The number of hydrogen-bond acceptors (Lipinski definition) is 4. The molecule has 6 heteroatoms. The van der Waals surface area contributed by atoms with Gasteiger partial charge in [-0.15, -0.1) is 0 Å². The third kappa shape index (κ3) is 3.53. The molecule has 1 aliphatic rings. The van der Waals surface area contributed by atoms with Gasteiger partial charge in [0.25, 0.3) is 5.91 Å². The number of aryl methyl sites for hydroxylation is 1. The number of carbonyl (C=O) groups is 1. The lowest BCUT2D eigenvalue weighted by Gasteiger charge is -2.15. The smallest absolute Gasteiger partial charge is 0.261 e. The van der Waals surface area contributed by atoms with Crippen LogP contribution in [0.1, 0.15) is 23.9 Å². The van der Waals surface area contributed by atoms with Crippen LogP contribution in [0.4, 0.5) is 0 Å². The second kappa shape index (κ2) is 6.83. The van der Waals surface area contributed by atoms with Gasteiger partial charge in [-0.05, 0) is 19.1 Å². The molecule has 6 nitrogen and oxygen atoms in total. The molecule has 1 amide bonds. The average Bonchev–Trinajstić information content (AvgIpc) is 2.90. The number of benzene rings is 1. The first-order valence-electron chi connectivity index (χ1n) is 7.76. The lowest BCUT2D eigenvalue weighted by molar-refractivity contribution is -0.127. The zero-order chi connectivity index (χ0) is 16.2. The molecule has 3 rings (SSSR count). The summed E-state index contributed by atoms with van der Waals surface area (Å²) in [7, 11) is 1.93. The Balaban J connectivity index is 1.59. The zero-order valence-electron chi connectivity index (χ0n) is 13.4. The standard InChI is InChI=1S/C17H21N3O3/c1-12(23-13-6-4-3-5-7-13)17(21)18-10-15-14-11-22-9-8-16(14)20(2)19-15/h3-7,12H,8-11H2,1-2H3,(H,18,21)/t12-/m0/s1. The van der Waals surface area contributed by atoms with Crippen LogP contribution < -0.4 is 10.1 Å². The molecule has 1 aliphatic heterocycles. The summed E-state index contributed by atoms with van der Waals surface area (Å²) in [5.74, 6) is 0.517. The third-order valence-electron chi connectivity index (χ3n) is 3.94. The van der Waals surface area contributed by atoms with E-state index >= 15 is 0 Å². The molecule has 122 valence electrons. The van der Waals surface area contributed by atoms with Crippen LogP contribution in [-0.4, -0.2) is 28.4 Å². The number of carbonyl (C=O) groups excluding carboxylic acids is 1. The van der Waals surface area contributed by atoms with Gasteiger partial charge in [-0.3, -0.25) is 9.48 Å². The normalized spacial score (nSPS) is 14.9. The summed E-state index contributed by atoms with van der Waals surface area (Å²) in [6, 6.07) is 9.32. The molecule has 1 N–H and O–H groups in total. The fraction of sp³-hybridized carbons (Fsp3) is 0.412. The lowest BCUT2D eigenvalue weighted by atomic mass is 10.1. The van der Waals surface area contributed by atoms with E-state index in [0.29, 0.717) is 18.9 Å². The Labute approximate surface area is 135 Å². The topological polar surface area (TPSA) is 65.4 Å². The minimum absolute atomic E-state index is 0.162. The van der Waals surface area contributed by atoms with Crippen molar-refractivity contribution in [3.8, 4) is 5.75 Å². The molecular formula is C17H21N3O3. The Hall–Kier alpha value is -2.34. The van der Waals surface area contributed by atoms with Crippen LogP contribution in [0.15, 0.2) is 30.3 Å². The van der Waals surface area contributed by atoms with Gasteiger partial charge in [-0.1, -0.05) is 18.2 Å². The minimum Gasteiger partial charge on any atom is -0.481 e. The summed E-state index contributed by atoms with van der Waals surface area (Å²) in [5.41, 5.74) is 3.15. The van der Waals surface area contributed by atoms with Crippen molar-refractivity contribution in [1.82, 2.24) is 15.1 Å². The molecule has 23 heavy (non-hydrogen) atoms. The number of ether oxygens (including phenoxy) is 2. The van der Waals surface area contributed by atoms with Crippen molar-refractivity contribution in [2.24, 2.45) is 7.05 Å². The van der Waals surface area contributed by atoms with Gasteiger partial charge in [0.05, 0.1) is 25.5 Å². The second-order valence-corrected chi connectivity index (χ2v) is 5.59. The first-order chi connectivity index (χ1) is 11.1. The van der Waals surface area contributed by atoms with Crippen molar-refractivity contribution in [3.05, 3.63) is 47.3 Å². The largest absolute Gasteiger partial charge is 0.481 e. The molecule has 0 radical (unpaired) electrons. The van der Waals surface area contributed by atoms with Crippen molar-refractivity contribution >= 4 is 5.91 Å². The predicted octanol–water partition coefficient (Wildman–Crippen LogP) is 1.58. The van der Waals surface area contributed by atoms with Gasteiger partial charge in [-0.2, -0.15) is 5.10 Å². The highest BCUT2D eigenvalue weighted by Crippen LogP contribution is 2.20. The van der Waals surface area contributed by atoms with Gasteiger partial charge in [0.15, 0.2) is 6.10 Å². The minimum atomic E-state index is -0.562. The number of fused-ring (bicyclic) bond motifs is 1. The molecule has 1 aromatic carbocycles. The van der Waals surface area contributed by atoms with Gasteiger partial charge in [0.1, 0.15) is 5.75 Å². The molecule has 1 aromatic heterocycles.